The molecule has 0 bridgehead atoms. The molecule has 2 aromatic carbocycles. The first kappa shape index (κ1) is 22.2. The number of anilines is 1. The van der Waals surface area contributed by atoms with Crippen LogP contribution in [-0.2, 0) is 16.1 Å². The van der Waals surface area contributed by atoms with Gasteiger partial charge in [-0.15, -0.1) is 0 Å². The van der Waals surface area contributed by atoms with Gasteiger partial charge in [-0.25, -0.2) is 4.79 Å². The highest BCUT2D eigenvalue weighted by molar-refractivity contribution is 5.97. The molecule has 5 heteroatoms. The lowest BCUT2D eigenvalue weighted by molar-refractivity contribution is -0.870. The average Bonchev–Trinajstić information content (AvgIpc) is 2.70. The van der Waals surface area contributed by atoms with Crippen molar-refractivity contribution in [3.8, 4) is 6.07 Å². The average molecular weight is 393 g/mol. The zero-order chi connectivity index (χ0) is 21.3. The molecule has 0 amide bonds. The van der Waals surface area contributed by atoms with E-state index < -0.39 is 5.97 Å². The number of benzene rings is 2. The van der Waals surface area contributed by atoms with E-state index in [9.17, 15) is 10.1 Å². The molecule has 0 aliphatic rings. The largest absolute Gasteiger partial charge is 0.456 e. The lowest BCUT2D eigenvalue weighted by Gasteiger charge is -2.23. The van der Waals surface area contributed by atoms with Gasteiger partial charge in [0.15, 0.2) is 0 Å². The third-order valence-corrected chi connectivity index (χ3v) is 4.50. The zero-order valence-electron chi connectivity index (χ0n) is 17.8. The maximum absolute atomic E-state index is 12.2. The Labute approximate surface area is 174 Å². The van der Waals surface area contributed by atoms with Crippen molar-refractivity contribution in [1.82, 2.24) is 0 Å². The summed E-state index contributed by atoms with van der Waals surface area (Å²) < 4.78 is 5.93. The Morgan fingerprint density at radius 1 is 1.10 bits per heavy atom. The number of quaternary nitrogens is 1. The molecule has 0 N–H and O–H groups in total. The first-order valence-electron chi connectivity index (χ1n) is 9.80. The molecule has 0 aliphatic carbocycles. The van der Waals surface area contributed by atoms with Crippen molar-refractivity contribution in [2.45, 2.75) is 13.5 Å². The molecule has 2 aromatic rings. The van der Waals surface area contributed by atoms with Crippen molar-refractivity contribution in [2.24, 2.45) is 0 Å². The molecule has 2 rings (SSSR count). The predicted octanol–water partition coefficient (Wildman–Crippen LogP) is 3.87. The molecule has 0 radical (unpaired) electrons. The number of nitrogens with zero attached hydrogens (tertiary/aromatic N) is 3. The van der Waals surface area contributed by atoms with Crippen LogP contribution in [0.1, 0.15) is 18.1 Å². The summed E-state index contributed by atoms with van der Waals surface area (Å²) in [6, 6.07) is 20.1. The van der Waals surface area contributed by atoms with Crippen molar-refractivity contribution in [2.75, 3.05) is 45.7 Å². The third-order valence-electron chi connectivity index (χ3n) is 4.50. The Kier molecular flexibility index (Phi) is 7.99. The molecule has 0 spiro atoms. The Hall–Kier alpha value is -3.10. The van der Waals surface area contributed by atoms with E-state index in [2.05, 4.69) is 24.0 Å². The molecule has 152 valence electrons. The van der Waals surface area contributed by atoms with Gasteiger partial charge in [0.05, 0.1) is 21.1 Å². The van der Waals surface area contributed by atoms with Crippen LogP contribution in [0.3, 0.4) is 0 Å². The second-order valence-electron chi connectivity index (χ2n) is 7.91. The summed E-state index contributed by atoms with van der Waals surface area (Å²) in [7, 11) is 6.06. The minimum absolute atomic E-state index is 0.00999. The van der Waals surface area contributed by atoms with E-state index >= 15 is 0 Å². The molecule has 0 unspecified atom stereocenters. The second-order valence-corrected chi connectivity index (χ2v) is 7.91. The molecule has 0 saturated carbocycles. The van der Waals surface area contributed by atoms with Crippen molar-refractivity contribution in [1.29, 1.82) is 5.26 Å². The van der Waals surface area contributed by atoms with Gasteiger partial charge in [-0.3, -0.25) is 0 Å². The fourth-order valence-electron chi connectivity index (χ4n) is 2.76. The van der Waals surface area contributed by atoms with E-state index in [1.165, 1.54) is 5.56 Å². The van der Waals surface area contributed by atoms with Crippen LogP contribution in [0.5, 0.6) is 0 Å². The van der Waals surface area contributed by atoms with Gasteiger partial charge in [-0.05, 0) is 36.3 Å². The van der Waals surface area contributed by atoms with Gasteiger partial charge in [0.25, 0.3) is 0 Å². The highest BCUT2D eigenvalue weighted by Crippen LogP contribution is 2.19. The second kappa shape index (κ2) is 10.4. The summed E-state index contributed by atoms with van der Waals surface area (Å²) in [5.74, 6) is -0.579. The molecule has 5 nitrogen and oxygen atoms in total. The van der Waals surface area contributed by atoms with Gasteiger partial charge >= 0.3 is 5.97 Å². The van der Waals surface area contributed by atoms with E-state index in [-0.39, 0.29) is 12.2 Å². The minimum Gasteiger partial charge on any atom is -0.456 e. The van der Waals surface area contributed by atoms with Gasteiger partial charge in [-0.1, -0.05) is 42.5 Å². The smallest absolute Gasteiger partial charge is 0.349 e. The van der Waals surface area contributed by atoms with E-state index in [0.717, 1.165) is 24.3 Å². The maximum Gasteiger partial charge on any atom is 0.349 e. The van der Waals surface area contributed by atoms with Crippen molar-refractivity contribution in [3.63, 3.8) is 0 Å². The van der Waals surface area contributed by atoms with Crippen LogP contribution in [0, 0.1) is 11.3 Å². The van der Waals surface area contributed by atoms with Crippen LogP contribution >= 0.6 is 0 Å². The van der Waals surface area contributed by atoms with Crippen LogP contribution < -0.4 is 4.90 Å². The van der Waals surface area contributed by atoms with Gasteiger partial charge in [0.1, 0.15) is 24.8 Å². The highest BCUT2D eigenvalue weighted by Gasteiger charge is 2.14. The number of carbonyl (C=O) groups excluding carboxylic acids is 1. The summed E-state index contributed by atoms with van der Waals surface area (Å²) >= 11 is 0. The summed E-state index contributed by atoms with van der Waals surface area (Å²) in [6.45, 7) is 4.80. The topological polar surface area (TPSA) is 53.3 Å². The quantitative estimate of drug-likeness (QED) is 0.281. The van der Waals surface area contributed by atoms with Gasteiger partial charge in [-0.2, -0.15) is 5.26 Å². The molecule has 0 fully saturated rings. The maximum atomic E-state index is 12.2. The van der Waals surface area contributed by atoms with Crippen LogP contribution in [0.25, 0.3) is 6.08 Å². The molecule has 0 atom stereocenters. The van der Waals surface area contributed by atoms with Crippen molar-refractivity contribution < 1.29 is 14.0 Å². The third kappa shape index (κ3) is 7.44. The number of likely N-dealkylation sites (N-methyl/N-ethyl adjacent to an activating group) is 1. The first-order valence-corrected chi connectivity index (χ1v) is 9.80. The number of ether oxygens (including phenoxy) is 1. The van der Waals surface area contributed by atoms with Crippen LogP contribution in [0.4, 0.5) is 5.69 Å². The van der Waals surface area contributed by atoms with E-state index in [1.54, 1.807) is 6.08 Å². The number of carbonyl (C=O) groups is 1. The number of nitriles is 1. The van der Waals surface area contributed by atoms with Crippen LogP contribution in [0.15, 0.2) is 60.2 Å². The Balaban J connectivity index is 2.05. The number of esters is 1. The van der Waals surface area contributed by atoms with Gasteiger partial charge in [0.2, 0.25) is 0 Å². The molecule has 0 aromatic heterocycles. The normalized spacial score (nSPS) is 11.6. The lowest BCUT2D eigenvalue weighted by Crippen LogP contribution is -2.38. The monoisotopic (exact) mass is 392 g/mol. The molecular weight excluding hydrogens is 362 g/mol. The number of hydrogen-bond donors (Lipinski definition) is 0. The molecule has 0 heterocycles. The Bertz CT molecular complexity index is 860. The zero-order valence-corrected chi connectivity index (χ0v) is 17.8. The van der Waals surface area contributed by atoms with Gasteiger partial charge < -0.3 is 14.1 Å². The van der Waals surface area contributed by atoms with Crippen LogP contribution in [0.2, 0.25) is 0 Å². The lowest BCUT2D eigenvalue weighted by atomic mass is 10.1. The minimum atomic E-state index is -0.579. The van der Waals surface area contributed by atoms with E-state index in [1.807, 2.05) is 69.7 Å². The van der Waals surface area contributed by atoms with E-state index in [4.69, 9.17) is 4.74 Å². The fraction of sp³-hybridized carbons (Fsp3) is 0.333. The van der Waals surface area contributed by atoms with Crippen molar-refractivity contribution in [3.05, 3.63) is 71.3 Å². The van der Waals surface area contributed by atoms with Gasteiger partial charge in [0, 0.05) is 18.8 Å². The predicted molar refractivity (Wildman–Crippen MR) is 117 cm³/mol. The van der Waals surface area contributed by atoms with Crippen molar-refractivity contribution >= 4 is 17.7 Å². The summed E-state index contributed by atoms with van der Waals surface area (Å²) in [5.41, 5.74) is 3.15. The molecule has 0 saturated heterocycles. The summed E-state index contributed by atoms with van der Waals surface area (Å²) in [6.07, 6.45) is 1.57. The Morgan fingerprint density at radius 2 is 1.76 bits per heavy atom. The Morgan fingerprint density at radius 3 is 2.31 bits per heavy atom. The van der Waals surface area contributed by atoms with E-state index in [0.29, 0.717) is 11.0 Å². The summed E-state index contributed by atoms with van der Waals surface area (Å²) in [5, 5.41) is 9.33. The number of rotatable bonds is 9. The highest BCUT2D eigenvalue weighted by atomic mass is 16.5. The van der Waals surface area contributed by atoms with Crippen LogP contribution in [-0.4, -0.2) is 51.3 Å². The number of hydrogen-bond acceptors (Lipinski definition) is 4. The SMILES string of the molecule is CCN(Cc1ccccc1)c1ccc(C=C(C#N)C(=O)OCC[N+](C)(C)C)cc1. The fourth-order valence-corrected chi connectivity index (χ4v) is 2.76. The molecule has 0 aliphatic heterocycles. The molecule has 29 heavy (non-hydrogen) atoms. The summed E-state index contributed by atoms with van der Waals surface area (Å²) in [4.78, 5) is 14.4. The molecular formula is C24H30N3O2+. The standard InChI is InChI=1S/C24H30N3O2/c1-5-26(19-21-9-7-6-8-10-21)23-13-11-20(12-14-23)17-22(18-25)24(28)29-16-15-27(2,3)4/h6-14,17H,5,15-16,19H2,1-4H3/q+1. The first-order chi connectivity index (χ1) is 13.8.